The van der Waals surface area contributed by atoms with Gasteiger partial charge in [-0.25, -0.2) is 0 Å². The molecule has 0 aromatic heterocycles. The maximum atomic E-state index is 6.22. The van der Waals surface area contributed by atoms with Gasteiger partial charge >= 0.3 is 0 Å². The molecular formula is C15H20Cl2N2S2. The largest absolute Gasteiger partial charge is 0.311 e. The molecule has 0 heterocycles. The van der Waals surface area contributed by atoms with Crippen molar-refractivity contribution in [3.05, 3.63) is 43.7 Å². The number of nitrogens with zero attached hydrogens (tertiary/aromatic N) is 1. The highest BCUT2D eigenvalue weighted by molar-refractivity contribution is 8.21. The van der Waals surface area contributed by atoms with Crippen LogP contribution in [0.3, 0.4) is 0 Å². The lowest BCUT2D eigenvalue weighted by molar-refractivity contribution is 0.761. The molecular weight excluding hydrogens is 343 g/mol. The van der Waals surface area contributed by atoms with E-state index in [1.165, 1.54) is 4.24 Å². The number of thioether (sulfide) groups is 2. The van der Waals surface area contributed by atoms with Crippen molar-refractivity contribution in [2.24, 2.45) is 10.9 Å². The predicted molar refractivity (Wildman–Crippen MR) is 101 cm³/mol. The van der Waals surface area contributed by atoms with Crippen molar-refractivity contribution >= 4 is 53.4 Å². The molecule has 0 atom stereocenters. The summed E-state index contributed by atoms with van der Waals surface area (Å²) in [4.78, 5) is 4.20. The molecule has 0 aliphatic heterocycles. The molecule has 116 valence electrons. The van der Waals surface area contributed by atoms with Crippen LogP contribution >= 0.6 is 46.7 Å². The average Bonchev–Trinajstić information content (AvgIpc) is 2.43. The first-order valence-electron chi connectivity index (χ1n) is 6.54. The van der Waals surface area contributed by atoms with Crippen LogP contribution in [0, 0.1) is 5.92 Å². The van der Waals surface area contributed by atoms with E-state index in [9.17, 15) is 0 Å². The van der Waals surface area contributed by atoms with Crippen molar-refractivity contribution in [3.63, 3.8) is 0 Å². The standard InChI is InChI=1S/C15H20Cl2N2S2/c1-10(2)14(19-4)15(21-9-18-3)20-8-11-5-6-12(16)7-13(11)17/h5-7,10,18H,4,8-9H2,1-3H3/b15-14-. The summed E-state index contributed by atoms with van der Waals surface area (Å²) in [6.07, 6.45) is 0. The van der Waals surface area contributed by atoms with E-state index in [2.05, 4.69) is 30.9 Å². The van der Waals surface area contributed by atoms with Crippen molar-refractivity contribution in [1.29, 1.82) is 0 Å². The molecule has 0 aliphatic carbocycles. The first kappa shape index (κ1) is 18.9. The monoisotopic (exact) mass is 362 g/mol. The van der Waals surface area contributed by atoms with Gasteiger partial charge in [-0.05, 0) is 37.4 Å². The zero-order valence-electron chi connectivity index (χ0n) is 12.5. The van der Waals surface area contributed by atoms with Gasteiger partial charge < -0.3 is 5.32 Å². The first-order chi connectivity index (χ1) is 9.99. The van der Waals surface area contributed by atoms with Gasteiger partial charge in [-0.15, -0.1) is 23.5 Å². The maximum Gasteiger partial charge on any atom is 0.0635 e. The van der Waals surface area contributed by atoms with Gasteiger partial charge in [0.25, 0.3) is 0 Å². The number of allylic oxidation sites excluding steroid dienone is 1. The van der Waals surface area contributed by atoms with Crippen LogP contribution in [0.2, 0.25) is 10.0 Å². The van der Waals surface area contributed by atoms with E-state index in [0.717, 1.165) is 22.9 Å². The molecule has 0 saturated heterocycles. The second kappa shape index (κ2) is 9.80. The van der Waals surface area contributed by atoms with Gasteiger partial charge in [0, 0.05) is 21.7 Å². The number of hydrogen-bond acceptors (Lipinski definition) is 4. The predicted octanol–water partition coefficient (Wildman–Crippen LogP) is 5.66. The zero-order chi connectivity index (χ0) is 15.8. The smallest absolute Gasteiger partial charge is 0.0635 e. The van der Waals surface area contributed by atoms with Gasteiger partial charge in [0.15, 0.2) is 0 Å². The fourth-order valence-corrected chi connectivity index (χ4v) is 4.54. The Balaban J connectivity index is 2.89. The summed E-state index contributed by atoms with van der Waals surface area (Å²) in [5, 5.41) is 4.50. The molecule has 0 unspecified atom stereocenters. The molecule has 0 amide bonds. The quantitative estimate of drug-likeness (QED) is 0.476. The molecule has 1 N–H and O–H groups in total. The Labute approximate surface area is 145 Å². The van der Waals surface area contributed by atoms with Gasteiger partial charge in [0.2, 0.25) is 0 Å². The van der Waals surface area contributed by atoms with E-state index in [4.69, 9.17) is 23.2 Å². The molecule has 0 saturated carbocycles. The van der Waals surface area contributed by atoms with E-state index < -0.39 is 0 Å². The Morgan fingerprint density at radius 1 is 1.33 bits per heavy atom. The number of halogens is 2. The molecule has 0 fully saturated rings. The van der Waals surface area contributed by atoms with Crippen molar-refractivity contribution < 1.29 is 0 Å². The van der Waals surface area contributed by atoms with Gasteiger partial charge in [0.05, 0.1) is 9.93 Å². The summed E-state index contributed by atoms with van der Waals surface area (Å²) >= 11 is 15.6. The Kier molecular flexibility index (Phi) is 8.83. The Morgan fingerprint density at radius 3 is 2.57 bits per heavy atom. The fourth-order valence-electron chi connectivity index (χ4n) is 1.59. The van der Waals surface area contributed by atoms with Crippen molar-refractivity contribution in [1.82, 2.24) is 5.32 Å². The molecule has 0 spiro atoms. The second-order valence-corrected chi connectivity index (χ2v) is 7.73. The van der Waals surface area contributed by atoms with Gasteiger partial charge in [-0.3, -0.25) is 4.99 Å². The Bertz CT molecular complexity index is 516. The van der Waals surface area contributed by atoms with Crippen LogP contribution < -0.4 is 5.32 Å². The normalized spacial score (nSPS) is 12.5. The van der Waals surface area contributed by atoms with E-state index in [1.807, 2.05) is 19.2 Å². The molecule has 0 aliphatic rings. The van der Waals surface area contributed by atoms with Crippen LogP contribution in [0.4, 0.5) is 0 Å². The Hall–Kier alpha value is -0.130. The number of benzene rings is 1. The highest BCUT2D eigenvalue weighted by Crippen LogP contribution is 2.37. The first-order valence-corrected chi connectivity index (χ1v) is 9.27. The second-order valence-electron chi connectivity index (χ2n) is 4.65. The Morgan fingerprint density at radius 2 is 2.05 bits per heavy atom. The van der Waals surface area contributed by atoms with Crippen molar-refractivity contribution in [2.45, 2.75) is 19.6 Å². The van der Waals surface area contributed by atoms with Crippen LogP contribution in [-0.4, -0.2) is 19.6 Å². The summed E-state index contributed by atoms with van der Waals surface area (Å²) in [6, 6.07) is 5.61. The van der Waals surface area contributed by atoms with Gasteiger partial charge in [-0.1, -0.05) is 43.1 Å². The molecule has 1 rings (SSSR count). The molecule has 0 bridgehead atoms. The molecule has 21 heavy (non-hydrogen) atoms. The summed E-state index contributed by atoms with van der Waals surface area (Å²) in [7, 11) is 1.93. The topological polar surface area (TPSA) is 24.4 Å². The van der Waals surface area contributed by atoms with E-state index in [0.29, 0.717) is 16.0 Å². The van der Waals surface area contributed by atoms with Crippen LogP contribution in [0.5, 0.6) is 0 Å². The van der Waals surface area contributed by atoms with Gasteiger partial charge in [0.1, 0.15) is 0 Å². The van der Waals surface area contributed by atoms with Gasteiger partial charge in [-0.2, -0.15) is 0 Å². The minimum Gasteiger partial charge on any atom is -0.311 e. The highest BCUT2D eigenvalue weighted by Gasteiger charge is 2.12. The number of nitrogens with one attached hydrogen (secondary N) is 1. The molecule has 1 aromatic carbocycles. The lowest BCUT2D eigenvalue weighted by Gasteiger charge is -2.14. The van der Waals surface area contributed by atoms with Crippen molar-refractivity contribution in [2.75, 3.05) is 12.9 Å². The van der Waals surface area contributed by atoms with E-state index in [1.54, 1.807) is 29.6 Å². The third-order valence-corrected chi connectivity index (χ3v) is 5.77. The number of aliphatic imine (C=N–C) groups is 1. The molecule has 0 radical (unpaired) electrons. The average molecular weight is 363 g/mol. The van der Waals surface area contributed by atoms with E-state index in [-0.39, 0.29) is 0 Å². The summed E-state index contributed by atoms with van der Waals surface area (Å²) < 4.78 is 1.18. The summed E-state index contributed by atoms with van der Waals surface area (Å²) in [6.45, 7) is 7.95. The minimum atomic E-state index is 0.343. The van der Waals surface area contributed by atoms with E-state index >= 15 is 0 Å². The summed E-state index contributed by atoms with van der Waals surface area (Å²) in [5.41, 5.74) is 2.10. The SMILES string of the molecule is C=N/C(=C(\SCNC)SCc1ccc(Cl)cc1Cl)C(C)C. The lowest BCUT2D eigenvalue weighted by Crippen LogP contribution is -2.04. The summed E-state index contributed by atoms with van der Waals surface area (Å²) in [5.74, 6) is 1.96. The highest BCUT2D eigenvalue weighted by atomic mass is 35.5. The third-order valence-electron chi connectivity index (χ3n) is 2.65. The lowest BCUT2D eigenvalue weighted by atomic mass is 10.2. The molecule has 2 nitrogen and oxygen atoms in total. The maximum absolute atomic E-state index is 6.22. The molecule has 1 aromatic rings. The number of hydrogen-bond donors (Lipinski definition) is 1. The van der Waals surface area contributed by atoms with Crippen LogP contribution in [0.1, 0.15) is 19.4 Å². The molecule has 6 heteroatoms. The minimum absolute atomic E-state index is 0.343. The van der Waals surface area contributed by atoms with Crippen LogP contribution in [-0.2, 0) is 5.75 Å². The van der Waals surface area contributed by atoms with Crippen LogP contribution in [0.25, 0.3) is 0 Å². The third kappa shape index (κ3) is 6.25. The zero-order valence-corrected chi connectivity index (χ0v) is 15.6. The van der Waals surface area contributed by atoms with Crippen molar-refractivity contribution in [3.8, 4) is 0 Å². The van der Waals surface area contributed by atoms with Crippen LogP contribution in [0.15, 0.2) is 33.1 Å². The number of rotatable bonds is 8. The fraction of sp³-hybridized carbons (Fsp3) is 0.400.